The molecule has 6 nitrogen and oxygen atoms in total. The first-order valence-corrected chi connectivity index (χ1v) is 11.6. The predicted molar refractivity (Wildman–Crippen MR) is 109 cm³/mol. The molecular weight excluding hydrogens is 362 g/mol. The maximum atomic E-state index is 13.1. The summed E-state index contributed by atoms with van der Waals surface area (Å²) < 4.78 is 23.3. The highest BCUT2D eigenvalue weighted by Gasteiger charge is 2.36. The van der Waals surface area contributed by atoms with Gasteiger partial charge in [-0.2, -0.15) is 0 Å². The number of amides is 1. The summed E-state index contributed by atoms with van der Waals surface area (Å²) >= 11 is 0. The van der Waals surface area contributed by atoms with Crippen molar-refractivity contribution in [1.82, 2.24) is 9.80 Å². The van der Waals surface area contributed by atoms with Crippen molar-refractivity contribution >= 4 is 21.4 Å². The Morgan fingerprint density at radius 2 is 1.89 bits per heavy atom. The standard InChI is InChI=1S/C20H31N3O3S/c1-4-6-17-14-23(15-19(17)21(2)3)20(24)16-7-5-8-18(13-16)22-9-11-27(25,26)12-10-22/h5,7-8,13,17,19H,4,6,9-12,14-15H2,1-3H3/t17-,19-/m1/s1. The third kappa shape index (κ3) is 4.63. The first-order chi connectivity index (χ1) is 12.8. The number of hydrogen-bond donors (Lipinski definition) is 0. The van der Waals surface area contributed by atoms with Crippen LogP contribution in [0, 0.1) is 5.92 Å². The van der Waals surface area contributed by atoms with Gasteiger partial charge in [-0.05, 0) is 44.6 Å². The summed E-state index contributed by atoms with van der Waals surface area (Å²) in [4.78, 5) is 19.4. The van der Waals surface area contributed by atoms with Gasteiger partial charge in [0.15, 0.2) is 9.84 Å². The van der Waals surface area contributed by atoms with Crippen LogP contribution in [0.3, 0.4) is 0 Å². The zero-order valence-corrected chi connectivity index (χ0v) is 17.4. The number of likely N-dealkylation sites (tertiary alicyclic amines) is 1. The van der Waals surface area contributed by atoms with E-state index in [9.17, 15) is 13.2 Å². The van der Waals surface area contributed by atoms with Crippen molar-refractivity contribution in [3.63, 3.8) is 0 Å². The molecule has 2 aliphatic rings. The molecule has 1 aromatic rings. The number of carbonyl (C=O) groups is 1. The molecule has 0 aliphatic carbocycles. The van der Waals surface area contributed by atoms with Crippen LogP contribution in [0.15, 0.2) is 24.3 Å². The molecule has 1 aromatic carbocycles. The molecule has 2 aliphatic heterocycles. The van der Waals surface area contributed by atoms with Crippen molar-refractivity contribution in [1.29, 1.82) is 0 Å². The van der Waals surface area contributed by atoms with Crippen LogP contribution < -0.4 is 4.90 Å². The van der Waals surface area contributed by atoms with Crippen LogP contribution in [0.1, 0.15) is 30.1 Å². The maximum absolute atomic E-state index is 13.1. The van der Waals surface area contributed by atoms with E-state index in [1.54, 1.807) is 0 Å². The molecule has 27 heavy (non-hydrogen) atoms. The van der Waals surface area contributed by atoms with Gasteiger partial charge < -0.3 is 14.7 Å². The fourth-order valence-corrected chi connectivity index (χ4v) is 5.45. The van der Waals surface area contributed by atoms with E-state index in [2.05, 4.69) is 30.8 Å². The van der Waals surface area contributed by atoms with Crippen LogP contribution >= 0.6 is 0 Å². The number of sulfone groups is 1. The van der Waals surface area contributed by atoms with Crippen LogP contribution in [0.25, 0.3) is 0 Å². The van der Waals surface area contributed by atoms with E-state index in [0.717, 1.165) is 31.6 Å². The summed E-state index contributed by atoms with van der Waals surface area (Å²) in [6.45, 7) is 4.75. The Labute approximate surface area is 163 Å². The molecule has 0 spiro atoms. The molecule has 2 heterocycles. The van der Waals surface area contributed by atoms with E-state index >= 15 is 0 Å². The van der Waals surface area contributed by atoms with Gasteiger partial charge in [-0.15, -0.1) is 0 Å². The molecule has 0 radical (unpaired) electrons. The number of benzene rings is 1. The number of anilines is 1. The average Bonchev–Trinajstić information content (AvgIpc) is 3.06. The van der Waals surface area contributed by atoms with Crippen molar-refractivity contribution in [2.75, 3.05) is 56.7 Å². The summed E-state index contributed by atoms with van der Waals surface area (Å²) in [6.07, 6.45) is 2.26. The van der Waals surface area contributed by atoms with Crippen molar-refractivity contribution in [3.8, 4) is 0 Å². The first kappa shape index (κ1) is 20.1. The maximum Gasteiger partial charge on any atom is 0.253 e. The van der Waals surface area contributed by atoms with Crippen LogP contribution in [-0.4, -0.2) is 81.9 Å². The van der Waals surface area contributed by atoms with E-state index < -0.39 is 9.84 Å². The molecule has 150 valence electrons. The topological polar surface area (TPSA) is 60.9 Å². The second-order valence-electron chi connectivity index (χ2n) is 7.98. The quantitative estimate of drug-likeness (QED) is 0.762. The van der Waals surface area contributed by atoms with Gasteiger partial charge in [0.05, 0.1) is 11.5 Å². The third-order valence-corrected chi connectivity index (χ3v) is 7.43. The van der Waals surface area contributed by atoms with Gasteiger partial charge in [-0.3, -0.25) is 4.79 Å². The summed E-state index contributed by atoms with van der Waals surface area (Å²) in [6, 6.07) is 8.04. The smallest absolute Gasteiger partial charge is 0.253 e. The van der Waals surface area contributed by atoms with Crippen LogP contribution in [0.2, 0.25) is 0 Å². The van der Waals surface area contributed by atoms with Crippen molar-refractivity contribution in [2.24, 2.45) is 5.92 Å². The molecule has 0 bridgehead atoms. The lowest BCUT2D eigenvalue weighted by molar-refractivity contribution is 0.0781. The number of hydrogen-bond acceptors (Lipinski definition) is 5. The molecule has 0 unspecified atom stereocenters. The fraction of sp³-hybridized carbons (Fsp3) is 0.650. The van der Waals surface area contributed by atoms with Crippen molar-refractivity contribution < 1.29 is 13.2 Å². The molecular formula is C20H31N3O3S. The number of likely N-dealkylation sites (N-methyl/N-ethyl adjacent to an activating group) is 1. The Bertz CT molecular complexity index is 764. The van der Waals surface area contributed by atoms with Gasteiger partial charge in [-0.25, -0.2) is 8.42 Å². The van der Waals surface area contributed by atoms with E-state index in [4.69, 9.17) is 0 Å². The lowest BCUT2D eigenvalue weighted by Crippen LogP contribution is -2.40. The summed E-state index contributed by atoms with van der Waals surface area (Å²) in [7, 11) is 1.27. The molecule has 0 aromatic heterocycles. The van der Waals surface area contributed by atoms with E-state index in [1.807, 2.05) is 29.2 Å². The van der Waals surface area contributed by atoms with Gasteiger partial charge in [0.25, 0.3) is 5.91 Å². The Balaban J connectivity index is 1.72. The van der Waals surface area contributed by atoms with Gasteiger partial charge in [-0.1, -0.05) is 19.4 Å². The van der Waals surface area contributed by atoms with E-state index in [0.29, 0.717) is 30.6 Å². The normalized spacial score (nSPS) is 25.2. The summed E-state index contributed by atoms with van der Waals surface area (Å²) in [5.74, 6) is 0.956. The summed E-state index contributed by atoms with van der Waals surface area (Å²) in [5, 5.41) is 0. The number of rotatable bonds is 5. The van der Waals surface area contributed by atoms with Crippen LogP contribution in [0.4, 0.5) is 5.69 Å². The minimum absolute atomic E-state index is 0.0759. The highest BCUT2D eigenvalue weighted by Crippen LogP contribution is 2.27. The Hall–Kier alpha value is -1.60. The highest BCUT2D eigenvalue weighted by molar-refractivity contribution is 7.91. The van der Waals surface area contributed by atoms with E-state index in [1.165, 1.54) is 0 Å². The van der Waals surface area contributed by atoms with Gasteiger partial charge >= 0.3 is 0 Å². The minimum atomic E-state index is -2.91. The zero-order chi connectivity index (χ0) is 19.6. The van der Waals surface area contributed by atoms with Crippen molar-refractivity contribution in [3.05, 3.63) is 29.8 Å². The third-order valence-electron chi connectivity index (χ3n) is 5.82. The molecule has 2 fully saturated rings. The lowest BCUT2D eigenvalue weighted by Gasteiger charge is -2.29. The van der Waals surface area contributed by atoms with Crippen LogP contribution in [0.5, 0.6) is 0 Å². The second-order valence-corrected chi connectivity index (χ2v) is 10.3. The Morgan fingerprint density at radius 3 is 2.52 bits per heavy atom. The van der Waals surface area contributed by atoms with Gasteiger partial charge in [0.1, 0.15) is 0 Å². The largest absolute Gasteiger partial charge is 0.369 e. The second kappa shape index (κ2) is 8.19. The Morgan fingerprint density at radius 1 is 1.19 bits per heavy atom. The SMILES string of the molecule is CCC[C@@H]1CN(C(=O)c2cccc(N3CCS(=O)(=O)CC3)c2)C[C@H]1N(C)C. The average molecular weight is 394 g/mol. The summed E-state index contributed by atoms with van der Waals surface area (Å²) in [5.41, 5.74) is 1.62. The minimum Gasteiger partial charge on any atom is -0.369 e. The number of carbonyl (C=O) groups excluding carboxylic acids is 1. The molecule has 7 heteroatoms. The fourth-order valence-electron chi connectivity index (χ4n) is 4.25. The molecule has 2 atom stereocenters. The lowest BCUT2D eigenvalue weighted by atomic mass is 9.98. The monoisotopic (exact) mass is 393 g/mol. The van der Waals surface area contributed by atoms with Crippen molar-refractivity contribution in [2.45, 2.75) is 25.8 Å². The zero-order valence-electron chi connectivity index (χ0n) is 16.6. The van der Waals surface area contributed by atoms with Gasteiger partial charge in [0, 0.05) is 43.5 Å². The van der Waals surface area contributed by atoms with E-state index in [-0.39, 0.29) is 17.4 Å². The molecule has 0 saturated carbocycles. The molecule has 0 N–H and O–H groups in total. The number of nitrogens with zero attached hydrogens (tertiary/aromatic N) is 3. The molecule has 1 amide bonds. The molecule has 2 saturated heterocycles. The van der Waals surface area contributed by atoms with Crippen LogP contribution in [-0.2, 0) is 9.84 Å². The first-order valence-electron chi connectivity index (χ1n) is 9.82. The predicted octanol–water partition coefficient (Wildman–Crippen LogP) is 1.72. The molecule has 3 rings (SSSR count). The Kier molecular flexibility index (Phi) is 6.11. The van der Waals surface area contributed by atoms with Gasteiger partial charge in [0.2, 0.25) is 0 Å². The highest BCUT2D eigenvalue weighted by atomic mass is 32.2.